The fourth-order valence-electron chi connectivity index (χ4n) is 1.11. The second-order valence-corrected chi connectivity index (χ2v) is 3.54. The van der Waals surface area contributed by atoms with Crippen molar-refractivity contribution in [3.63, 3.8) is 0 Å². The number of nitrogens with one attached hydrogen (secondary N) is 1. The van der Waals surface area contributed by atoms with E-state index in [4.69, 9.17) is 5.73 Å². The number of pyridine rings is 1. The highest BCUT2D eigenvalue weighted by molar-refractivity contribution is 5.81. The SMILES string of the molecule is CC[C@H](N)C(=O)NCc1ccc(C)nc1. The maximum Gasteiger partial charge on any atom is 0.237 e. The van der Waals surface area contributed by atoms with Crippen LogP contribution in [0.15, 0.2) is 18.3 Å². The van der Waals surface area contributed by atoms with Crippen molar-refractivity contribution in [1.29, 1.82) is 0 Å². The van der Waals surface area contributed by atoms with Crippen LogP contribution in [0.1, 0.15) is 24.6 Å². The molecule has 1 rings (SSSR count). The van der Waals surface area contributed by atoms with Crippen molar-refractivity contribution in [2.24, 2.45) is 5.73 Å². The van der Waals surface area contributed by atoms with Gasteiger partial charge in [-0.15, -0.1) is 0 Å². The number of hydrogen-bond donors (Lipinski definition) is 2. The molecule has 0 radical (unpaired) electrons. The highest BCUT2D eigenvalue weighted by Gasteiger charge is 2.09. The van der Waals surface area contributed by atoms with E-state index >= 15 is 0 Å². The summed E-state index contributed by atoms with van der Waals surface area (Å²) in [7, 11) is 0. The van der Waals surface area contributed by atoms with Crippen molar-refractivity contribution in [2.45, 2.75) is 32.9 Å². The molecule has 1 amide bonds. The lowest BCUT2D eigenvalue weighted by molar-refractivity contribution is -0.122. The van der Waals surface area contributed by atoms with E-state index in [9.17, 15) is 4.79 Å². The fraction of sp³-hybridized carbons (Fsp3) is 0.455. The molecule has 0 fully saturated rings. The van der Waals surface area contributed by atoms with Gasteiger partial charge in [0.15, 0.2) is 0 Å². The summed E-state index contributed by atoms with van der Waals surface area (Å²) in [5, 5.41) is 2.77. The molecule has 0 saturated heterocycles. The van der Waals surface area contributed by atoms with Gasteiger partial charge in [0.05, 0.1) is 6.04 Å². The van der Waals surface area contributed by atoms with E-state index < -0.39 is 6.04 Å². The van der Waals surface area contributed by atoms with Crippen molar-refractivity contribution >= 4 is 5.91 Å². The van der Waals surface area contributed by atoms with E-state index in [0.29, 0.717) is 13.0 Å². The Morgan fingerprint density at radius 3 is 2.87 bits per heavy atom. The molecule has 1 aromatic rings. The molecule has 0 aromatic carbocycles. The van der Waals surface area contributed by atoms with E-state index in [1.807, 2.05) is 26.0 Å². The number of rotatable bonds is 4. The van der Waals surface area contributed by atoms with Crippen molar-refractivity contribution in [3.05, 3.63) is 29.6 Å². The molecule has 4 heteroatoms. The van der Waals surface area contributed by atoms with Crippen LogP contribution in [0, 0.1) is 6.92 Å². The molecule has 0 unspecified atom stereocenters. The molecule has 15 heavy (non-hydrogen) atoms. The highest BCUT2D eigenvalue weighted by Crippen LogP contribution is 1.98. The van der Waals surface area contributed by atoms with Gasteiger partial charge in [0.1, 0.15) is 0 Å². The molecule has 1 atom stereocenters. The number of carbonyl (C=O) groups excluding carboxylic acids is 1. The topological polar surface area (TPSA) is 68.0 Å². The van der Waals surface area contributed by atoms with E-state index in [-0.39, 0.29) is 5.91 Å². The summed E-state index contributed by atoms with van der Waals surface area (Å²) < 4.78 is 0. The van der Waals surface area contributed by atoms with Gasteiger partial charge < -0.3 is 11.1 Å². The molecular weight excluding hydrogens is 190 g/mol. The summed E-state index contributed by atoms with van der Waals surface area (Å²) in [5.41, 5.74) is 7.53. The quantitative estimate of drug-likeness (QED) is 0.765. The van der Waals surface area contributed by atoms with Gasteiger partial charge in [-0.1, -0.05) is 13.0 Å². The minimum absolute atomic E-state index is 0.113. The van der Waals surface area contributed by atoms with Crippen LogP contribution < -0.4 is 11.1 Å². The van der Waals surface area contributed by atoms with Crippen LogP contribution in [0.3, 0.4) is 0 Å². The Hall–Kier alpha value is -1.42. The van der Waals surface area contributed by atoms with Crippen LogP contribution in [-0.2, 0) is 11.3 Å². The summed E-state index contributed by atoms with van der Waals surface area (Å²) in [4.78, 5) is 15.5. The first-order valence-electron chi connectivity index (χ1n) is 5.08. The van der Waals surface area contributed by atoms with Crippen LogP contribution >= 0.6 is 0 Å². The van der Waals surface area contributed by atoms with Gasteiger partial charge in [0.2, 0.25) is 5.91 Å². The molecule has 0 saturated carbocycles. The highest BCUT2D eigenvalue weighted by atomic mass is 16.2. The minimum atomic E-state index is -0.414. The average Bonchev–Trinajstić information content (AvgIpc) is 2.26. The number of amides is 1. The van der Waals surface area contributed by atoms with Crippen LogP contribution in [-0.4, -0.2) is 16.9 Å². The lowest BCUT2D eigenvalue weighted by Crippen LogP contribution is -2.39. The molecule has 1 heterocycles. The third kappa shape index (κ3) is 3.67. The second-order valence-electron chi connectivity index (χ2n) is 3.54. The van der Waals surface area contributed by atoms with Gasteiger partial charge in [-0.05, 0) is 25.0 Å². The van der Waals surface area contributed by atoms with E-state index in [1.165, 1.54) is 0 Å². The summed E-state index contributed by atoms with van der Waals surface area (Å²) in [6.07, 6.45) is 2.41. The van der Waals surface area contributed by atoms with Gasteiger partial charge in [0, 0.05) is 18.4 Å². The zero-order valence-electron chi connectivity index (χ0n) is 9.16. The van der Waals surface area contributed by atoms with Crippen LogP contribution in [0.5, 0.6) is 0 Å². The van der Waals surface area contributed by atoms with Gasteiger partial charge in [-0.2, -0.15) is 0 Å². The molecule has 0 aliphatic heterocycles. The number of nitrogens with zero attached hydrogens (tertiary/aromatic N) is 1. The first-order chi connectivity index (χ1) is 7.13. The summed E-state index contributed by atoms with van der Waals surface area (Å²) in [5.74, 6) is -0.113. The number of aromatic nitrogens is 1. The van der Waals surface area contributed by atoms with Crippen molar-refractivity contribution in [3.8, 4) is 0 Å². The van der Waals surface area contributed by atoms with Gasteiger partial charge in [-0.3, -0.25) is 9.78 Å². The Labute approximate surface area is 89.9 Å². The molecule has 0 bridgehead atoms. The van der Waals surface area contributed by atoms with Crippen LogP contribution in [0.2, 0.25) is 0 Å². The first kappa shape index (κ1) is 11.7. The summed E-state index contributed by atoms with van der Waals surface area (Å²) >= 11 is 0. The first-order valence-corrected chi connectivity index (χ1v) is 5.08. The van der Waals surface area contributed by atoms with Crippen LogP contribution in [0.4, 0.5) is 0 Å². The standard InChI is InChI=1S/C11H17N3O/c1-3-10(12)11(15)14-7-9-5-4-8(2)13-6-9/h4-6,10H,3,7,12H2,1-2H3,(H,14,15)/t10-/m0/s1. The Bertz CT molecular complexity index is 321. The predicted octanol–water partition coefficient (Wildman–Crippen LogP) is 0.744. The minimum Gasteiger partial charge on any atom is -0.351 e. The maximum absolute atomic E-state index is 11.4. The van der Waals surface area contributed by atoms with Gasteiger partial charge in [0.25, 0.3) is 0 Å². The number of aryl methyl sites for hydroxylation is 1. The molecule has 1 aromatic heterocycles. The zero-order chi connectivity index (χ0) is 11.3. The van der Waals surface area contributed by atoms with Crippen molar-refractivity contribution in [1.82, 2.24) is 10.3 Å². The third-order valence-electron chi connectivity index (χ3n) is 2.22. The van der Waals surface area contributed by atoms with Crippen molar-refractivity contribution < 1.29 is 4.79 Å². The molecule has 0 aliphatic rings. The lowest BCUT2D eigenvalue weighted by atomic mass is 10.2. The third-order valence-corrected chi connectivity index (χ3v) is 2.22. The van der Waals surface area contributed by atoms with E-state index in [0.717, 1.165) is 11.3 Å². The van der Waals surface area contributed by atoms with Gasteiger partial charge in [-0.25, -0.2) is 0 Å². The van der Waals surface area contributed by atoms with Crippen LogP contribution in [0.25, 0.3) is 0 Å². The van der Waals surface area contributed by atoms with E-state index in [1.54, 1.807) is 6.20 Å². The molecule has 0 aliphatic carbocycles. The maximum atomic E-state index is 11.4. The largest absolute Gasteiger partial charge is 0.351 e. The fourth-order valence-corrected chi connectivity index (χ4v) is 1.11. The summed E-state index contributed by atoms with van der Waals surface area (Å²) in [6, 6.07) is 3.45. The zero-order valence-corrected chi connectivity index (χ0v) is 9.16. The number of nitrogens with two attached hydrogens (primary N) is 1. The second kappa shape index (κ2) is 5.46. The van der Waals surface area contributed by atoms with Gasteiger partial charge >= 0.3 is 0 Å². The Morgan fingerprint density at radius 2 is 2.33 bits per heavy atom. The Kier molecular flexibility index (Phi) is 4.24. The van der Waals surface area contributed by atoms with Crippen molar-refractivity contribution in [2.75, 3.05) is 0 Å². The molecule has 4 nitrogen and oxygen atoms in total. The Morgan fingerprint density at radius 1 is 1.60 bits per heavy atom. The average molecular weight is 207 g/mol. The normalized spacial score (nSPS) is 12.2. The number of hydrogen-bond acceptors (Lipinski definition) is 3. The molecule has 3 N–H and O–H groups in total. The number of carbonyl (C=O) groups is 1. The molecule has 82 valence electrons. The molecular formula is C11H17N3O. The van der Waals surface area contributed by atoms with E-state index in [2.05, 4.69) is 10.3 Å². The summed E-state index contributed by atoms with van der Waals surface area (Å²) in [6.45, 7) is 4.30. The monoisotopic (exact) mass is 207 g/mol. The smallest absolute Gasteiger partial charge is 0.237 e. The Balaban J connectivity index is 2.43. The molecule has 0 spiro atoms. The lowest BCUT2D eigenvalue weighted by Gasteiger charge is -2.09. The predicted molar refractivity (Wildman–Crippen MR) is 59.1 cm³/mol.